The number of nitrogens with zero attached hydrogens (tertiary/aromatic N) is 1. The molecule has 1 heteroatoms. The lowest BCUT2D eigenvalue weighted by molar-refractivity contribution is 0.305. The summed E-state index contributed by atoms with van der Waals surface area (Å²) in [5.74, 6) is 0. The highest BCUT2D eigenvalue weighted by Gasteiger charge is 2.20. The van der Waals surface area contributed by atoms with Gasteiger partial charge in [0.25, 0.3) is 0 Å². The van der Waals surface area contributed by atoms with E-state index < -0.39 is 0 Å². The van der Waals surface area contributed by atoms with Crippen LogP contribution in [0.15, 0.2) is 12.2 Å². The molecule has 1 fully saturated rings. The molecule has 0 aliphatic carbocycles. The Hall–Kier alpha value is -0.300. The number of hydrogen-bond acceptors (Lipinski definition) is 1. The maximum atomic E-state index is 3.96. The fourth-order valence-corrected chi connectivity index (χ4v) is 1.49. The van der Waals surface area contributed by atoms with Crippen molar-refractivity contribution >= 4 is 0 Å². The van der Waals surface area contributed by atoms with Crippen LogP contribution in [0.25, 0.3) is 0 Å². The van der Waals surface area contributed by atoms with Crippen molar-refractivity contribution in [3.63, 3.8) is 0 Å². The minimum atomic E-state index is 0.775. The van der Waals surface area contributed by atoms with Crippen molar-refractivity contribution in [2.45, 2.75) is 25.8 Å². The SMILES string of the molecule is C=C1C[C@@H](CC)N(C)C1. The van der Waals surface area contributed by atoms with Crippen molar-refractivity contribution in [3.8, 4) is 0 Å². The molecule has 1 saturated heterocycles. The van der Waals surface area contributed by atoms with Crippen molar-refractivity contribution in [3.05, 3.63) is 12.2 Å². The van der Waals surface area contributed by atoms with Crippen LogP contribution in [0.5, 0.6) is 0 Å². The van der Waals surface area contributed by atoms with E-state index in [9.17, 15) is 0 Å². The fourth-order valence-electron chi connectivity index (χ4n) is 1.49. The van der Waals surface area contributed by atoms with Crippen LogP contribution in [0.2, 0.25) is 0 Å². The molecule has 52 valence electrons. The minimum Gasteiger partial charge on any atom is -0.299 e. The van der Waals surface area contributed by atoms with Gasteiger partial charge in [0.2, 0.25) is 0 Å². The molecule has 0 spiro atoms. The fraction of sp³-hybridized carbons (Fsp3) is 0.750. The van der Waals surface area contributed by atoms with Gasteiger partial charge >= 0.3 is 0 Å². The Morgan fingerprint density at radius 1 is 1.78 bits per heavy atom. The van der Waals surface area contributed by atoms with Crippen LogP contribution in [-0.2, 0) is 0 Å². The summed E-state index contributed by atoms with van der Waals surface area (Å²) < 4.78 is 0. The summed E-state index contributed by atoms with van der Waals surface area (Å²) in [6, 6.07) is 0.775. The van der Waals surface area contributed by atoms with E-state index in [-0.39, 0.29) is 0 Å². The number of likely N-dealkylation sites (tertiary alicyclic amines) is 1. The topological polar surface area (TPSA) is 3.24 Å². The molecule has 9 heavy (non-hydrogen) atoms. The van der Waals surface area contributed by atoms with Crippen LogP contribution < -0.4 is 0 Å². The van der Waals surface area contributed by atoms with E-state index in [1.807, 2.05) is 0 Å². The van der Waals surface area contributed by atoms with Crippen LogP contribution in [-0.4, -0.2) is 24.5 Å². The van der Waals surface area contributed by atoms with E-state index in [0.717, 1.165) is 12.6 Å². The predicted octanol–water partition coefficient (Wildman–Crippen LogP) is 1.66. The minimum absolute atomic E-state index is 0.775. The number of rotatable bonds is 1. The second-order valence-electron chi connectivity index (χ2n) is 2.93. The Morgan fingerprint density at radius 2 is 2.44 bits per heavy atom. The van der Waals surface area contributed by atoms with E-state index in [1.165, 1.54) is 18.4 Å². The lowest BCUT2D eigenvalue weighted by Gasteiger charge is -2.15. The molecule has 0 radical (unpaired) electrons. The van der Waals surface area contributed by atoms with Gasteiger partial charge in [-0.3, -0.25) is 4.90 Å². The molecule has 1 atom stereocenters. The average molecular weight is 125 g/mol. The van der Waals surface area contributed by atoms with Gasteiger partial charge in [-0.15, -0.1) is 0 Å². The maximum absolute atomic E-state index is 3.96. The molecule has 0 unspecified atom stereocenters. The predicted molar refractivity (Wildman–Crippen MR) is 40.5 cm³/mol. The van der Waals surface area contributed by atoms with Crippen molar-refractivity contribution < 1.29 is 0 Å². The maximum Gasteiger partial charge on any atom is 0.0190 e. The van der Waals surface area contributed by atoms with Gasteiger partial charge in [0.15, 0.2) is 0 Å². The molecule has 0 aromatic heterocycles. The van der Waals surface area contributed by atoms with Crippen LogP contribution >= 0.6 is 0 Å². The van der Waals surface area contributed by atoms with Crippen molar-refractivity contribution in [2.75, 3.05) is 13.6 Å². The Kier molecular flexibility index (Phi) is 1.91. The van der Waals surface area contributed by atoms with E-state index in [2.05, 4.69) is 25.5 Å². The molecule has 0 aromatic carbocycles. The van der Waals surface area contributed by atoms with Gasteiger partial charge < -0.3 is 0 Å². The molecule has 0 N–H and O–H groups in total. The first-order valence-corrected chi connectivity index (χ1v) is 3.61. The first-order chi connectivity index (χ1) is 4.24. The van der Waals surface area contributed by atoms with E-state index in [0.29, 0.717) is 0 Å². The Labute approximate surface area is 57.4 Å². The third kappa shape index (κ3) is 1.33. The molecular weight excluding hydrogens is 110 g/mol. The highest BCUT2D eigenvalue weighted by atomic mass is 15.1. The lowest BCUT2D eigenvalue weighted by Crippen LogP contribution is -2.23. The zero-order valence-corrected chi connectivity index (χ0v) is 6.35. The van der Waals surface area contributed by atoms with Gasteiger partial charge in [0.05, 0.1) is 0 Å². The summed E-state index contributed by atoms with van der Waals surface area (Å²) in [6.07, 6.45) is 2.47. The smallest absolute Gasteiger partial charge is 0.0190 e. The van der Waals surface area contributed by atoms with E-state index in [1.54, 1.807) is 0 Å². The van der Waals surface area contributed by atoms with Crippen LogP contribution in [0.1, 0.15) is 19.8 Å². The van der Waals surface area contributed by atoms with E-state index >= 15 is 0 Å². The summed E-state index contributed by atoms with van der Waals surface area (Å²) in [7, 11) is 2.17. The van der Waals surface area contributed by atoms with Crippen molar-refractivity contribution in [1.82, 2.24) is 4.90 Å². The number of hydrogen-bond donors (Lipinski definition) is 0. The molecule has 0 bridgehead atoms. The molecule has 1 aliphatic rings. The Morgan fingerprint density at radius 3 is 2.67 bits per heavy atom. The zero-order chi connectivity index (χ0) is 6.85. The van der Waals surface area contributed by atoms with Crippen LogP contribution in [0, 0.1) is 0 Å². The quantitative estimate of drug-likeness (QED) is 0.482. The third-order valence-electron chi connectivity index (χ3n) is 2.09. The molecule has 1 aliphatic heterocycles. The molecule has 1 nitrogen and oxygen atoms in total. The molecule has 0 amide bonds. The van der Waals surface area contributed by atoms with Gasteiger partial charge in [-0.25, -0.2) is 0 Å². The van der Waals surface area contributed by atoms with E-state index in [4.69, 9.17) is 0 Å². The summed E-state index contributed by atoms with van der Waals surface area (Å²) in [5, 5.41) is 0. The third-order valence-corrected chi connectivity index (χ3v) is 2.09. The summed E-state index contributed by atoms with van der Waals surface area (Å²) in [4.78, 5) is 2.38. The first-order valence-electron chi connectivity index (χ1n) is 3.61. The van der Waals surface area contributed by atoms with Gasteiger partial charge in [-0.2, -0.15) is 0 Å². The normalized spacial score (nSPS) is 29.6. The Balaban J connectivity index is 2.47. The van der Waals surface area contributed by atoms with Crippen molar-refractivity contribution in [1.29, 1.82) is 0 Å². The van der Waals surface area contributed by atoms with Crippen LogP contribution in [0.3, 0.4) is 0 Å². The lowest BCUT2D eigenvalue weighted by atomic mass is 10.1. The average Bonchev–Trinajstić information content (AvgIpc) is 2.10. The highest BCUT2D eigenvalue weighted by molar-refractivity contribution is 5.06. The zero-order valence-electron chi connectivity index (χ0n) is 6.35. The summed E-state index contributed by atoms with van der Waals surface area (Å²) >= 11 is 0. The van der Waals surface area contributed by atoms with Gasteiger partial charge in [0, 0.05) is 12.6 Å². The summed E-state index contributed by atoms with van der Waals surface area (Å²) in [6.45, 7) is 7.31. The first kappa shape index (κ1) is 6.81. The van der Waals surface area contributed by atoms with Crippen molar-refractivity contribution in [2.24, 2.45) is 0 Å². The van der Waals surface area contributed by atoms with Gasteiger partial charge in [-0.1, -0.05) is 19.1 Å². The second kappa shape index (κ2) is 2.53. The Bertz CT molecular complexity index is 118. The second-order valence-corrected chi connectivity index (χ2v) is 2.93. The largest absolute Gasteiger partial charge is 0.299 e. The van der Waals surface area contributed by atoms with Crippen LogP contribution in [0.4, 0.5) is 0 Å². The molecular formula is C8H15N. The van der Waals surface area contributed by atoms with Gasteiger partial charge in [0.1, 0.15) is 0 Å². The summed E-state index contributed by atoms with van der Waals surface area (Å²) in [5.41, 5.74) is 1.39. The standard InChI is InChI=1S/C8H15N/c1-4-8-5-7(2)6-9(8)3/h8H,2,4-6H2,1,3H3/t8-/m1/s1. The molecule has 1 heterocycles. The van der Waals surface area contributed by atoms with Gasteiger partial charge in [-0.05, 0) is 19.9 Å². The molecule has 0 aromatic rings. The number of likely N-dealkylation sites (N-methyl/N-ethyl adjacent to an activating group) is 1. The molecule has 1 rings (SSSR count). The highest BCUT2D eigenvalue weighted by Crippen LogP contribution is 2.20. The monoisotopic (exact) mass is 125 g/mol. The molecule has 0 saturated carbocycles.